The lowest BCUT2D eigenvalue weighted by Crippen LogP contribution is -2.49. The second-order valence-electron chi connectivity index (χ2n) is 6.73. The third-order valence-corrected chi connectivity index (χ3v) is 4.61. The van der Waals surface area contributed by atoms with Crippen LogP contribution in [-0.4, -0.2) is 23.5 Å². The van der Waals surface area contributed by atoms with Gasteiger partial charge in [-0.3, -0.25) is 4.90 Å². The molecule has 18 heavy (non-hydrogen) atoms. The van der Waals surface area contributed by atoms with Crippen molar-refractivity contribution < 1.29 is 0 Å². The molecular weight excluding hydrogens is 242 g/mol. The van der Waals surface area contributed by atoms with Gasteiger partial charge in [0.25, 0.3) is 0 Å². The van der Waals surface area contributed by atoms with Gasteiger partial charge >= 0.3 is 0 Å². The Labute approximate surface area is 116 Å². The zero-order chi connectivity index (χ0) is 13.4. The summed E-state index contributed by atoms with van der Waals surface area (Å²) in [6.45, 7) is 11.7. The van der Waals surface area contributed by atoms with Gasteiger partial charge in [-0.05, 0) is 69.8 Å². The molecule has 0 bridgehead atoms. The standard InChI is InChI=1S/C16H24ClN/c1-15(2,3)18-11-9-16(4,10-12-18)13-5-7-14(17)8-6-13/h5-8H,9-12H2,1-4H3. The number of likely N-dealkylation sites (tertiary alicyclic amines) is 1. The summed E-state index contributed by atoms with van der Waals surface area (Å²) in [5.41, 5.74) is 2.04. The summed E-state index contributed by atoms with van der Waals surface area (Å²) in [5.74, 6) is 0. The first-order valence-corrected chi connectivity index (χ1v) is 7.20. The zero-order valence-corrected chi connectivity index (χ0v) is 12.7. The van der Waals surface area contributed by atoms with Crippen LogP contribution in [0.5, 0.6) is 0 Å². The minimum absolute atomic E-state index is 0.293. The average molecular weight is 266 g/mol. The van der Waals surface area contributed by atoms with E-state index in [0.29, 0.717) is 11.0 Å². The molecule has 1 fully saturated rings. The van der Waals surface area contributed by atoms with Crippen molar-refractivity contribution in [3.05, 3.63) is 34.9 Å². The van der Waals surface area contributed by atoms with Gasteiger partial charge in [0, 0.05) is 10.6 Å². The van der Waals surface area contributed by atoms with Crippen molar-refractivity contribution in [1.29, 1.82) is 0 Å². The molecule has 0 N–H and O–H groups in total. The molecule has 0 aromatic heterocycles. The number of benzene rings is 1. The van der Waals surface area contributed by atoms with Crippen LogP contribution in [0, 0.1) is 0 Å². The summed E-state index contributed by atoms with van der Waals surface area (Å²) >= 11 is 5.97. The van der Waals surface area contributed by atoms with E-state index in [1.807, 2.05) is 12.1 Å². The van der Waals surface area contributed by atoms with Crippen molar-refractivity contribution in [2.75, 3.05) is 13.1 Å². The van der Waals surface area contributed by atoms with Crippen LogP contribution in [0.2, 0.25) is 5.02 Å². The van der Waals surface area contributed by atoms with Gasteiger partial charge in [0.15, 0.2) is 0 Å². The Balaban J connectivity index is 2.10. The molecule has 1 saturated heterocycles. The maximum atomic E-state index is 5.97. The summed E-state index contributed by atoms with van der Waals surface area (Å²) in [4.78, 5) is 2.59. The number of piperidine rings is 1. The van der Waals surface area contributed by atoms with Crippen LogP contribution in [0.25, 0.3) is 0 Å². The van der Waals surface area contributed by atoms with Crippen LogP contribution in [0.1, 0.15) is 46.1 Å². The second kappa shape index (κ2) is 4.86. The normalized spacial score (nSPS) is 20.9. The van der Waals surface area contributed by atoms with E-state index in [9.17, 15) is 0 Å². The Bertz CT molecular complexity index is 394. The molecule has 0 saturated carbocycles. The van der Waals surface area contributed by atoms with Gasteiger partial charge in [0.2, 0.25) is 0 Å². The molecule has 0 radical (unpaired) electrons. The van der Waals surface area contributed by atoms with E-state index in [4.69, 9.17) is 11.6 Å². The van der Waals surface area contributed by atoms with Crippen molar-refractivity contribution in [2.24, 2.45) is 0 Å². The number of halogens is 1. The summed E-state index contributed by atoms with van der Waals surface area (Å²) in [7, 11) is 0. The third kappa shape index (κ3) is 2.89. The van der Waals surface area contributed by atoms with Crippen LogP contribution < -0.4 is 0 Å². The predicted molar refractivity (Wildman–Crippen MR) is 79.4 cm³/mol. The molecular formula is C16H24ClN. The van der Waals surface area contributed by atoms with Crippen LogP contribution in [0.4, 0.5) is 0 Å². The molecule has 1 aromatic rings. The minimum atomic E-state index is 0.293. The monoisotopic (exact) mass is 265 g/mol. The first-order chi connectivity index (χ1) is 8.31. The lowest BCUT2D eigenvalue weighted by molar-refractivity contribution is 0.0794. The third-order valence-electron chi connectivity index (χ3n) is 4.36. The largest absolute Gasteiger partial charge is 0.298 e. The van der Waals surface area contributed by atoms with E-state index in [1.54, 1.807) is 0 Å². The molecule has 1 aliphatic rings. The van der Waals surface area contributed by atoms with Gasteiger partial charge in [-0.15, -0.1) is 0 Å². The highest BCUT2D eigenvalue weighted by atomic mass is 35.5. The Kier molecular flexibility index (Phi) is 3.75. The molecule has 1 aromatic carbocycles. The average Bonchev–Trinajstić information content (AvgIpc) is 2.29. The highest BCUT2D eigenvalue weighted by molar-refractivity contribution is 6.30. The summed E-state index contributed by atoms with van der Waals surface area (Å²) in [6.07, 6.45) is 2.46. The van der Waals surface area contributed by atoms with Gasteiger partial charge < -0.3 is 0 Å². The quantitative estimate of drug-likeness (QED) is 0.723. The van der Waals surface area contributed by atoms with Crippen LogP contribution in [0.3, 0.4) is 0 Å². The topological polar surface area (TPSA) is 3.24 Å². The first-order valence-electron chi connectivity index (χ1n) is 6.82. The molecule has 0 atom stereocenters. The summed E-state index contributed by atoms with van der Waals surface area (Å²) in [5, 5.41) is 0.828. The molecule has 2 rings (SSSR count). The minimum Gasteiger partial charge on any atom is -0.298 e. The van der Waals surface area contributed by atoms with Gasteiger partial charge in [-0.2, -0.15) is 0 Å². The number of hydrogen-bond donors (Lipinski definition) is 0. The Hall–Kier alpha value is -0.530. The van der Waals surface area contributed by atoms with Crippen molar-refractivity contribution >= 4 is 11.6 Å². The molecule has 0 unspecified atom stereocenters. The lowest BCUT2D eigenvalue weighted by Gasteiger charge is -2.45. The summed E-state index contributed by atoms with van der Waals surface area (Å²) in [6, 6.07) is 8.40. The van der Waals surface area contributed by atoms with E-state index in [-0.39, 0.29) is 0 Å². The predicted octanol–water partition coefficient (Wildman–Crippen LogP) is 4.49. The van der Waals surface area contributed by atoms with E-state index in [0.717, 1.165) is 5.02 Å². The molecule has 1 heterocycles. The van der Waals surface area contributed by atoms with E-state index in [1.165, 1.54) is 31.5 Å². The lowest BCUT2D eigenvalue weighted by atomic mass is 9.74. The fraction of sp³-hybridized carbons (Fsp3) is 0.625. The number of nitrogens with zero attached hydrogens (tertiary/aromatic N) is 1. The van der Waals surface area contributed by atoms with Crippen LogP contribution in [-0.2, 0) is 5.41 Å². The smallest absolute Gasteiger partial charge is 0.0406 e. The molecule has 1 nitrogen and oxygen atoms in total. The van der Waals surface area contributed by atoms with Gasteiger partial charge in [0.05, 0.1) is 0 Å². The first kappa shape index (κ1) is 13.9. The molecule has 0 amide bonds. The van der Waals surface area contributed by atoms with E-state index < -0.39 is 0 Å². The molecule has 1 aliphatic heterocycles. The van der Waals surface area contributed by atoms with Gasteiger partial charge in [0.1, 0.15) is 0 Å². The SMILES string of the molecule is CC1(c2ccc(Cl)cc2)CCN(C(C)(C)C)CC1. The maximum Gasteiger partial charge on any atom is 0.0406 e. The number of hydrogen-bond acceptors (Lipinski definition) is 1. The van der Waals surface area contributed by atoms with E-state index in [2.05, 4.69) is 44.7 Å². The molecule has 2 heteroatoms. The van der Waals surface area contributed by atoms with Crippen LogP contribution in [0.15, 0.2) is 24.3 Å². The second-order valence-corrected chi connectivity index (χ2v) is 7.16. The summed E-state index contributed by atoms with van der Waals surface area (Å²) < 4.78 is 0. The Morgan fingerprint density at radius 1 is 1.06 bits per heavy atom. The van der Waals surface area contributed by atoms with E-state index >= 15 is 0 Å². The maximum absolute atomic E-state index is 5.97. The number of rotatable bonds is 1. The Morgan fingerprint density at radius 3 is 2.00 bits per heavy atom. The highest BCUT2D eigenvalue weighted by Gasteiger charge is 2.34. The molecule has 0 aliphatic carbocycles. The zero-order valence-electron chi connectivity index (χ0n) is 12.0. The Morgan fingerprint density at radius 2 is 1.56 bits per heavy atom. The van der Waals surface area contributed by atoms with Gasteiger partial charge in [-0.1, -0.05) is 30.7 Å². The van der Waals surface area contributed by atoms with Crippen molar-refractivity contribution in [2.45, 2.75) is 51.5 Å². The van der Waals surface area contributed by atoms with Gasteiger partial charge in [-0.25, -0.2) is 0 Å². The van der Waals surface area contributed by atoms with Crippen molar-refractivity contribution in [3.63, 3.8) is 0 Å². The van der Waals surface area contributed by atoms with Crippen molar-refractivity contribution in [3.8, 4) is 0 Å². The van der Waals surface area contributed by atoms with Crippen molar-refractivity contribution in [1.82, 2.24) is 4.90 Å². The fourth-order valence-electron chi connectivity index (χ4n) is 2.81. The fourth-order valence-corrected chi connectivity index (χ4v) is 2.94. The highest BCUT2D eigenvalue weighted by Crippen LogP contribution is 2.37. The molecule has 100 valence electrons. The molecule has 0 spiro atoms. The van der Waals surface area contributed by atoms with Crippen LogP contribution >= 0.6 is 11.6 Å².